The van der Waals surface area contributed by atoms with Gasteiger partial charge in [0.2, 0.25) is 0 Å². The first-order valence-electron chi connectivity index (χ1n) is 5.37. The Kier molecular flexibility index (Phi) is 2.95. The number of halogens is 3. The van der Waals surface area contributed by atoms with Crippen molar-refractivity contribution in [2.45, 2.75) is 19.1 Å². The van der Waals surface area contributed by atoms with Crippen LogP contribution in [0.4, 0.5) is 23.8 Å². The molecule has 1 atom stereocenters. The molecule has 0 unspecified atom stereocenters. The molecule has 2 heterocycles. The van der Waals surface area contributed by atoms with Gasteiger partial charge in [-0.25, -0.2) is 14.7 Å². The largest absolute Gasteiger partial charge is 0.416 e. The van der Waals surface area contributed by atoms with Crippen LogP contribution in [0.2, 0.25) is 0 Å². The molecule has 1 aliphatic heterocycles. The average molecular weight is 273 g/mol. The summed E-state index contributed by atoms with van der Waals surface area (Å²) in [5, 5.41) is 0. The van der Waals surface area contributed by atoms with Crippen LogP contribution >= 0.6 is 0 Å². The van der Waals surface area contributed by atoms with Gasteiger partial charge in [-0.2, -0.15) is 13.2 Å². The first-order valence-corrected chi connectivity index (χ1v) is 5.37. The van der Waals surface area contributed by atoms with Crippen LogP contribution in [0, 0.1) is 0 Å². The van der Waals surface area contributed by atoms with Crippen LogP contribution in [0.15, 0.2) is 18.3 Å². The van der Waals surface area contributed by atoms with E-state index in [9.17, 15) is 22.8 Å². The van der Waals surface area contributed by atoms with E-state index in [2.05, 4.69) is 4.98 Å². The van der Waals surface area contributed by atoms with E-state index >= 15 is 0 Å². The molecule has 0 aliphatic carbocycles. The second-order valence-electron chi connectivity index (χ2n) is 4.14. The van der Waals surface area contributed by atoms with E-state index in [1.54, 1.807) is 0 Å². The maximum atomic E-state index is 12.6. The number of aromatic nitrogens is 1. The predicted octanol–water partition coefficient (Wildman–Crippen LogP) is 1.89. The van der Waals surface area contributed by atoms with Crippen molar-refractivity contribution in [3.63, 3.8) is 0 Å². The van der Waals surface area contributed by atoms with Crippen LogP contribution in [0.5, 0.6) is 0 Å². The molecule has 3 amide bonds. The maximum absolute atomic E-state index is 12.6. The highest BCUT2D eigenvalue weighted by molar-refractivity contribution is 6.20. The summed E-state index contributed by atoms with van der Waals surface area (Å²) in [4.78, 5) is 29.1. The van der Waals surface area contributed by atoms with Gasteiger partial charge >= 0.3 is 12.2 Å². The number of hydrogen-bond acceptors (Lipinski definition) is 3. The normalized spacial score (nSPS) is 20.4. The number of alkyl halides is 3. The van der Waals surface area contributed by atoms with Crippen molar-refractivity contribution >= 4 is 17.8 Å². The fourth-order valence-electron chi connectivity index (χ4n) is 1.70. The van der Waals surface area contributed by atoms with Crippen molar-refractivity contribution in [3.8, 4) is 0 Å². The van der Waals surface area contributed by atoms with Gasteiger partial charge in [0, 0.05) is 13.2 Å². The van der Waals surface area contributed by atoms with E-state index < -0.39 is 29.7 Å². The van der Waals surface area contributed by atoms with Gasteiger partial charge in [0.15, 0.2) is 0 Å². The summed E-state index contributed by atoms with van der Waals surface area (Å²) in [6.45, 7) is 1.49. The molecular weight excluding hydrogens is 263 g/mol. The van der Waals surface area contributed by atoms with Crippen LogP contribution in [0.25, 0.3) is 0 Å². The minimum Gasteiger partial charge on any atom is -0.315 e. The van der Waals surface area contributed by atoms with Gasteiger partial charge < -0.3 is 4.90 Å². The Balaban J connectivity index is 2.43. The Morgan fingerprint density at radius 3 is 2.42 bits per heavy atom. The number of carbonyl (C=O) groups is 2. The summed E-state index contributed by atoms with van der Waals surface area (Å²) in [5.41, 5.74) is -0.958. The van der Waals surface area contributed by atoms with Crippen LogP contribution in [-0.2, 0) is 11.0 Å². The summed E-state index contributed by atoms with van der Waals surface area (Å²) >= 11 is 0. The third kappa shape index (κ3) is 2.13. The number of anilines is 1. The van der Waals surface area contributed by atoms with E-state index in [-0.39, 0.29) is 5.82 Å². The molecule has 5 nitrogen and oxygen atoms in total. The number of urea groups is 1. The standard InChI is InChI=1S/C11H10F3N3O2/c1-6-9(18)17(10(19)16(6)2)8-5-7(3-4-15-8)11(12,13)14/h3-6H,1-2H3/t6-/m0/s1. The highest BCUT2D eigenvalue weighted by atomic mass is 19.4. The van der Waals surface area contributed by atoms with Crippen molar-refractivity contribution < 1.29 is 22.8 Å². The summed E-state index contributed by atoms with van der Waals surface area (Å²) in [6.07, 6.45) is -3.64. The maximum Gasteiger partial charge on any atom is 0.416 e. The fourth-order valence-corrected chi connectivity index (χ4v) is 1.70. The van der Waals surface area contributed by atoms with Crippen LogP contribution in [0.3, 0.4) is 0 Å². The Labute approximate surface area is 106 Å². The lowest BCUT2D eigenvalue weighted by Crippen LogP contribution is -2.32. The zero-order valence-corrected chi connectivity index (χ0v) is 10.1. The molecule has 1 aromatic rings. The first kappa shape index (κ1) is 13.3. The summed E-state index contributed by atoms with van der Waals surface area (Å²) in [7, 11) is 1.40. The molecule has 0 N–H and O–H groups in total. The van der Waals surface area contributed by atoms with Gasteiger partial charge in [0.05, 0.1) is 5.56 Å². The highest BCUT2D eigenvalue weighted by Gasteiger charge is 2.42. The molecular formula is C11H10F3N3O2. The van der Waals surface area contributed by atoms with Crippen LogP contribution in [0.1, 0.15) is 12.5 Å². The number of likely N-dealkylation sites (N-methyl/N-ethyl adjacent to an activating group) is 1. The minimum atomic E-state index is -4.55. The molecule has 1 fully saturated rings. The summed E-state index contributed by atoms with van der Waals surface area (Å²) in [6, 6.07) is 0.0525. The van der Waals surface area contributed by atoms with Gasteiger partial charge in [-0.15, -0.1) is 0 Å². The van der Waals surface area contributed by atoms with Crippen molar-refractivity contribution in [1.29, 1.82) is 0 Å². The predicted molar refractivity (Wildman–Crippen MR) is 59.3 cm³/mol. The molecule has 0 saturated carbocycles. The minimum absolute atomic E-state index is 0.318. The quantitative estimate of drug-likeness (QED) is 0.734. The van der Waals surface area contributed by atoms with Gasteiger partial charge in [0.1, 0.15) is 11.9 Å². The molecule has 8 heteroatoms. The summed E-state index contributed by atoms with van der Waals surface area (Å²) < 4.78 is 37.7. The van der Waals surface area contributed by atoms with E-state index in [1.165, 1.54) is 14.0 Å². The molecule has 0 bridgehead atoms. The van der Waals surface area contributed by atoms with E-state index in [1.807, 2.05) is 0 Å². The number of nitrogens with zero attached hydrogens (tertiary/aromatic N) is 3. The van der Waals surface area contributed by atoms with E-state index in [0.29, 0.717) is 11.0 Å². The number of imide groups is 1. The average Bonchev–Trinajstić information content (AvgIpc) is 2.53. The molecule has 0 aromatic carbocycles. The fraction of sp³-hybridized carbons (Fsp3) is 0.364. The Morgan fingerprint density at radius 1 is 1.32 bits per heavy atom. The Hall–Kier alpha value is -2.12. The number of rotatable bonds is 1. The van der Waals surface area contributed by atoms with Crippen molar-refractivity contribution in [2.75, 3.05) is 11.9 Å². The smallest absolute Gasteiger partial charge is 0.315 e. The van der Waals surface area contributed by atoms with Crippen molar-refractivity contribution in [2.24, 2.45) is 0 Å². The molecule has 1 aliphatic rings. The van der Waals surface area contributed by atoms with E-state index in [0.717, 1.165) is 17.2 Å². The second-order valence-corrected chi connectivity index (χ2v) is 4.14. The zero-order valence-electron chi connectivity index (χ0n) is 10.1. The molecule has 0 radical (unpaired) electrons. The molecule has 102 valence electrons. The third-order valence-electron chi connectivity index (χ3n) is 2.95. The van der Waals surface area contributed by atoms with Gasteiger partial charge in [-0.1, -0.05) is 0 Å². The van der Waals surface area contributed by atoms with Crippen LogP contribution < -0.4 is 4.90 Å². The molecule has 19 heavy (non-hydrogen) atoms. The van der Waals surface area contributed by atoms with Crippen molar-refractivity contribution in [3.05, 3.63) is 23.9 Å². The number of pyridine rings is 1. The summed E-state index contributed by atoms with van der Waals surface area (Å²) in [5.74, 6) is -0.916. The molecule has 2 rings (SSSR count). The molecule has 1 saturated heterocycles. The lowest BCUT2D eigenvalue weighted by molar-refractivity contribution is -0.137. The highest BCUT2D eigenvalue weighted by Crippen LogP contribution is 2.32. The van der Waals surface area contributed by atoms with Crippen molar-refractivity contribution in [1.82, 2.24) is 9.88 Å². The SMILES string of the molecule is C[C@H]1C(=O)N(c2cc(C(F)(F)F)ccn2)C(=O)N1C. The number of carbonyl (C=O) groups excluding carboxylic acids is 2. The number of amides is 3. The lowest BCUT2D eigenvalue weighted by atomic mass is 10.2. The molecule has 1 aromatic heterocycles. The third-order valence-corrected chi connectivity index (χ3v) is 2.95. The second kappa shape index (κ2) is 4.22. The van der Waals surface area contributed by atoms with Gasteiger partial charge in [0.25, 0.3) is 5.91 Å². The van der Waals surface area contributed by atoms with Gasteiger partial charge in [-0.05, 0) is 19.1 Å². The van der Waals surface area contributed by atoms with Gasteiger partial charge in [-0.3, -0.25) is 4.79 Å². The molecule has 0 spiro atoms. The number of hydrogen-bond donors (Lipinski definition) is 0. The monoisotopic (exact) mass is 273 g/mol. The lowest BCUT2D eigenvalue weighted by Gasteiger charge is -2.14. The van der Waals surface area contributed by atoms with Crippen LogP contribution in [-0.4, -0.2) is 34.9 Å². The zero-order chi connectivity index (χ0) is 14.4. The Bertz CT molecular complexity index is 524. The topological polar surface area (TPSA) is 53.5 Å². The first-order chi connectivity index (χ1) is 8.73. The Morgan fingerprint density at radius 2 is 1.95 bits per heavy atom. The van der Waals surface area contributed by atoms with E-state index in [4.69, 9.17) is 0 Å².